The topological polar surface area (TPSA) is 88.1 Å². The number of amides is 2. The van der Waals surface area contributed by atoms with Crippen LogP contribution in [0.3, 0.4) is 0 Å². The molecule has 0 aliphatic carbocycles. The van der Waals surface area contributed by atoms with Crippen molar-refractivity contribution in [2.24, 2.45) is 0 Å². The minimum absolute atomic E-state index is 0.184. The van der Waals surface area contributed by atoms with Crippen LogP contribution >= 0.6 is 0 Å². The summed E-state index contributed by atoms with van der Waals surface area (Å²) in [5.74, 6) is -0.584. The van der Waals surface area contributed by atoms with Gasteiger partial charge in [-0.1, -0.05) is 12.1 Å². The number of carbonyl (C=O) groups excluding carboxylic acids is 1. The summed E-state index contributed by atoms with van der Waals surface area (Å²) >= 11 is 0. The van der Waals surface area contributed by atoms with Gasteiger partial charge >= 0.3 is 12.0 Å². The van der Waals surface area contributed by atoms with Crippen molar-refractivity contribution in [2.75, 3.05) is 39.2 Å². The Morgan fingerprint density at radius 2 is 2.00 bits per heavy atom. The summed E-state index contributed by atoms with van der Waals surface area (Å²) in [7, 11) is 2.97. The number of hydrogen-bond donors (Lipinski definition) is 2. The monoisotopic (exact) mass is 282 g/mol. The summed E-state index contributed by atoms with van der Waals surface area (Å²) in [5.41, 5.74) is 0.479. The fourth-order valence-electron chi connectivity index (χ4n) is 1.56. The fraction of sp³-hybridized carbons (Fsp3) is 0.385. The second kappa shape index (κ2) is 8.00. The van der Waals surface area contributed by atoms with Gasteiger partial charge in [-0.15, -0.1) is 0 Å². The smallest absolute Gasteiger partial charge is 0.323 e. The van der Waals surface area contributed by atoms with E-state index in [1.807, 2.05) is 0 Å². The molecule has 7 nitrogen and oxygen atoms in total. The van der Waals surface area contributed by atoms with Gasteiger partial charge in [0.15, 0.2) is 0 Å². The molecule has 0 spiro atoms. The molecule has 0 aliphatic heterocycles. The number of aliphatic carboxylic acids is 1. The number of urea groups is 1. The Hall–Kier alpha value is -2.28. The van der Waals surface area contributed by atoms with Crippen molar-refractivity contribution >= 4 is 17.7 Å². The number of carboxylic acid groups (broad SMARTS) is 1. The molecule has 1 rings (SSSR count). The first-order valence-corrected chi connectivity index (χ1v) is 5.98. The van der Waals surface area contributed by atoms with E-state index in [1.54, 1.807) is 24.3 Å². The predicted octanol–water partition coefficient (Wildman–Crippen LogP) is 1.26. The van der Waals surface area contributed by atoms with Crippen LogP contribution in [0.25, 0.3) is 0 Å². The second-order valence-electron chi connectivity index (χ2n) is 3.94. The molecule has 0 atom stereocenters. The van der Waals surface area contributed by atoms with Crippen LogP contribution in [0.5, 0.6) is 5.75 Å². The maximum Gasteiger partial charge on any atom is 0.323 e. The van der Waals surface area contributed by atoms with Crippen molar-refractivity contribution < 1.29 is 24.2 Å². The average Bonchev–Trinajstić information content (AvgIpc) is 2.43. The molecule has 110 valence electrons. The Morgan fingerprint density at radius 1 is 1.30 bits per heavy atom. The van der Waals surface area contributed by atoms with Gasteiger partial charge in [0, 0.05) is 13.7 Å². The molecule has 20 heavy (non-hydrogen) atoms. The molecule has 0 heterocycles. The lowest BCUT2D eigenvalue weighted by atomic mass is 10.3. The molecule has 1 aromatic carbocycles. The zero-order chi connectivity index (χ0) is 15.0. The third kappa shape index (κ3) is 4.77. The number of nitrogens with zero attached hydrogens (tertiary/aromatic N) is 1. The molecule has 0 saturated heterocycles. The quantitative estimate of drug-likeness (QED) is 0.786. The number of ether oxygens (including phenoxy) is 2. The molecule has 0 bridgehead atoms. The van der Waals surface area contributed by atoms with Crippen LogP contribution in [0.15, 0.2) is 24.3 Å². The SMILES string of the molecule is COCCN(CC(=O)O)C(=O)Nc1ccccc1OC. The van der Waals surface area contributed by atoms with Gasteiger partial charge in [0.05, 0.1) is 19.4 Å². The third-order valence-electron chi connectivity index (χ3n) is 2.53. The lowest BCUT2D eigenvalue weighted by Crippen LogP contribution is -2.40. The summed E-state index contributed by atoms with van der Waals surface area (Å²) in [4.78, 5) is 24.0. The van der Waals surface area contributed by atoms with E-state index >= 15 is 0 Å². The first-order chi connectivity index (χ1) is 9.58. The summed E-state index contributed by atoms with van der Waals surface area (Å²) < 4.78 is 9.97. The number of benzene rings is 1. The van der Waals surface area contributed by atoms with Gasteiger partial charge in [0.1, 0.15) is 12.3 Å². The number of hydrogen-bond acceptors (Lipinski definition) is 4. The van der Waals surface area contributed by atoms with E-state index in [-0.39, 0.29) is 13.2 Å². The maximum atomic E-state index is 12.1. The lowest BCUT2D eigenvalue weighted by molar-refractivity contribution is -0.137. The van der Waals surface area contributed by atoms with Crippen LogP contribution in [0, 0.1) is 0 Å². The van der Waals surface area contributed by atoms with Crippen LogP contribution in [-0.2, 0) is 9.53 Å². The Morgan fingerprint density at radius 3 is 2.60 bits per heavy atom. The molecule has 0 aromatic heterocycles. The molecule has 0 saturated carbocycles. The molecular weight excluding hydrogens is 264 g/mol. The van der Waals surface area contributed by atoms with E-state index in [0.717, 1.165) is 4.90 Å². The number of nitrogens with one attached hydrogen (secondary N) is 1. The van der Waals surface area contributed by atoms with E-state index in [0.29, 0.717) is 11.4 Å². The van der Waals surface area contributed by atoms with Gasteiger partial charge in [-0.05, 0) is 12.1 Å². The van der Waals surface area contributed by atoms with Crippen molar-refractivity contribution in [3.05, 3.63) is 24.3 Å². The molecule has 0 fully saturated rings. The van der Waals surface area contributed by atoms with E-state index in [9.17, 15) is 9.59 Å². The highest BCUT2D eigenvalue weighted by Crippen LogP contribution is 2.23. The largest absolute Gasteiger partial charge is 0.495 e. The molecule has 0 radical (unpaired) electrons. The fourth-order valence-corrected chi connectivity index (χ4v) is 1.56. The minimum Gasteiger partial charge on any atom is -0.495 e. The zero-order valence-corrected chi connectivity index (χ0v) is 11.5. The van der Waals surface area contributed by atoms with Gasteiger partial charge in [-0.3, -0.25) is 4.79 Å². The van der Waals surface area contributed by atoms with Crippen LogP contribution in [0.1, 0.15) is 0 Å². The highest BCUT2D eigenvalue weighted by molar-refractivity contribution is 5.92. The maximum absolute atomic E-state index is 12.1. The van der Waals surface area contributed by atoms with Crippen molar-refractivity contribution in [3.63, 3.8) is 0 Å². The minimum atomic E-state index is -1.09. The van der Waals surface area contributed by atoms with Gasteiger partial charge in [0.25, 0.3) is 0 Å². The lowest BCUT2D eigenvalue weighted by Gasteiger charge is -2.21. The zero-order valence-electron chi connectivity index (χ0n) is 11.5. The number of anilines is 1. The number of methoxy groups -OCH3 is 2. The van der Waals surface area contributed by atoms with Crippen LogP contribution < -0.4 is 10.1 Å². The van der Waals surface area contributed by atoms with E-state index in [2.05, 4.69) is 5.32 Å². The van der Waals surface area contributed by atoms with Crippen molar-refractivity contribution in [1.82, 2.24) is 4.90 Å². The van der Waals surface area contributed by atoms with Gasteiger partial charge in [0.2, 0.25) is 0 Å². The average molecular weight is 282 g/mol. The van der Waals surface area contributed by atoms with Gasteiger partial charge in [-0.2, -0.15) is 0 Å². The molecule has 7 heteroatoms. The molecule has 2 amide bonds. The molecule has 2 N–H and O–H groups in total. The van der Waals surface area contributed by atoms with Crippen LogP contribution in [0.2, 0.25) is 0 Å². The van der Waals surface area contributed by atoms with Crippen molar-refractivity contribution in [1.29, 1.82) is 0 Å². The standard InChI is InChI=1S/C13H18N2O5/c1-19-8-7-15(9-12(16)17)13(18)14-10-5-3-4-6-11(10)20-2/h3-6H,7-9H2,1-2H3,(H,14,18)(H,16,17). The highest BCUT2D eigenvalue weighted by atomic mass is 16.5. The normalized spacial score (nSPS) is 9.90. The van der Waals surface area contributed by atoms with E-state index < -0.39 is 18.5 Å². The summed E-state index contributed by atoms with van der Waals surface area (Å²) in [6, 6.07) is 6.37. The van der Waals surface area contributed by atoms with E-state index in [4.69, 9.17) is 14.6 Å². The molecule has 0 aliphatic rings. The van der Waals surface area contributed by atoms with E-state index in [1.165, 1.54) is 14.2 Å². The molecule has 0 unspecified atom stereocenters. The summed E-state index contributed by atoms with van der Waals surface area (Å²) in [6.45, 7) is 0.0424. The molecule has 1 aromatic rings. The van der Waals surface area contributed by atoms with Crippen molar-refractivity contribution in [3.8, 4) is 5.75 Å². The summed E-state index contributed by atoms with van der Waals surface area (Å²) in [5, 5.41) is 11.4. The second-order valence-corrected chi connectivity index (χ2v) is 3.94. The Bertz CT molecular complexity index is 464. The predicted molar refractivity (Wildman–Crippen MR) is 73.1 cm³/mol. The number of para-hydroxylation sites is 2. The molecular formula is C13H18N2O5. The van der Waals surface area contributed by atoms with Gasteiger partial charge in [-0.25, -0.2) is 4.79 Å². The Kier molecular flexibility index (Phi) is 6.31. The highest BCUT2D eigenvalue weighted by Gasteiger charge is 2.17. The first kappa shape index (κ1) is 15.8. The number of rotatable bonds is 7. The van der Waals surface area contributed by atoms with Crippen molar-refractivity contribution in [2.45, 2.75) is 0 Å². The Balaban J connectivity index is 2.76. The summed E-state index contributed by atoms with van der Waals surface area (Å²) in [6.07, 6.45) is 0. The number of carbonyl (C=O) groups is 2. The third-order valence-corrected chi connectivity index (χ3v) is 2.53. The number of carboxylic acids is 1. The van der Waals surface area contributed by atoms with Crippen LogP contribution in [-0.4, -0.2) is 55.9 Å². The first-order valence-electron chi connectivity index (χ1n) is 5.98. The Labute approximate surface area is 117 Å². The van der Waals surface area contributed by atoms with Crippen LogP contribution in [0.4, 0.5) is 10.5 Å². The van der Waals surface area contributed by atoms with Gasteiger partial charge < -0.3 is 24.8 Å².